The van der Waals surface area contributed by atoms with Crippen molar-refractivity contribution in [1.29, 1.82) is 0 Å². The third-order valence-corrected chi connectivity index (χ3v) is 2.22. The van der Waals surface area contributed by atoms with Crippen LogP contribution in [0.25, 0.3) is 0 Å². The Kier molecular flexibility index (Phi) is 2.84. The van der Waals surface area contributed by atoms with Gasteiger partial charge in [-0.25, -0.2) is 0 Å². The van der Waals surface area contributed by atoms with Crippen molar-refractivity contribution in [2.24, 2.45) is 0 Å². The molecule has 0 heterocycles. The Morgan fingerprint density at radius 3 is 2.50 bits per heavy atom. The van der Waals surface area contributed by atoms with Crippen molar-refractivity contribution in [2.75, 3.05) is 0 Å². The molecule has 78 valence electrons. The van der Waals surface area contributed by atoms with Crippen LogP contribution in [-0.4, -0.2) is 4.92 Å². The smallest absolute Gasteiger partial charge is 0.258 e. The van der Waals surface area contributed by atoms with Gasteiger partial charge in [0.05, 0.1) is 4.92 Å². The molecule has 1 aromatic carbocycles. The van der Waals surface area contributed by atoms with Gasteiger partial charge >= 0.3 is 0 Å². The SMILES string of the molecule is O=[N+]([O-])c1ccc(C#CC2=CC=CC2)cc1. The molecule has 0 amide bonds. The number of nitrogens with zero attached hydrogens (tertiary/aromatic N) is 1. The molecule has 0 aromatic heterocycles. The summed E-state index contributed by atoms with van der Waals surface area (Å²) >= 11 is 0. The summed E-state index contributed by atoms with van der Waals surface area (Å²) in [5.74, 6) is 6.00. The number of nitro groups is 1. The number of hydrogen-bond donors (Lipinski definition) is 0. The van der Waals surface area contributed by atoms with Gasteiger partial charge in [-0.05, 0) is 18.6 Å². The van der Waals surface area contributed by atoms with Gasteiger partial charge < -0.3 is 0 Å². The van der Waals surface area contributed by atoms with Crippen molar-refractivity contribution in [1.82, 2.24) is 0 Å². The van der Waals surface area contributed by atoms with Gasteiger partial charge in [0.25, 0.3) is 5.69 Å². The highest BCUT2D eigenvalue weighted by Crippen LogP contribution is 2.12. The molecule has 3 nitrogen and oxygen atoms in total. The summed E-state index contributed by atoms with van der Waals surface area (Å²) in [6.45, 7) is 0. The molecule has 0 fully saturated rings. The van der Waals surface area contributed by atoms with E-state index < -0.39 is 4.92 Å². The predicted molar refractivity (Wildman–Crippen MR) is 61.8 cm³/mol. The maximum atomic E-state index is 10.4. The van der Waals surface area contributed by atoms with E-state index in [-0.39, 0.29) is 5.69 Å². The maximum Gasteiger partial charge on any atom is 0.269 e. The molecule has 0 radical (unpaired) electrons. The number of non-ortho nitro benzene ring substituents is 1. The van der Waals surface area contributed by atoms with Crippen molar-refractivity contribution >= 4 is 5.69 Å². The van der Waals surface area contributed by atoms with Crippen LogP contribution in [0.15, 0.2) is 48.1 Å². The lowest BCUT2D eigenvalue weighted by Gasteiger charge is -1.91. The van der Waals surface area contributed by atoms with Crippen molar-refractivity contribution in [3.8, 4) is 11.8 Å². The van der Waals surface area contributed by atoms with E-state index in [1.807, 2.05) is 18.2 Å². The molecule has 0 N–H and O–H groups in total. The van der Waals surface area contributed by atoms with Gasteiger partial charge in [0.2, 0.25) is 0 Å². The molecule has 0 saturated carbocycles. The first kappa shape index (κ1) is 10.2. The minimum atomic E-state index is -0.416. The molecule has 1 aromatic rings. The van der Waals surface area contributed by atoms with Crippen molar-refractivity contribution < 1.29 is 4.92 Å². The van der Waals surface area contributed by atoms with Crippen LogP contribution < -0.4 is 0 Å². The number of allylic oxidation sites excluding steroid dienone is 4. The first-order chi connectivity index (χ1) is 7.75. The highest BCUT2D eigenvalue weighted by molar-refractivity contribution is 5.46. The highest BCUT2D eigenvalue weighted by Gasteiger charge is 2.02. The average Bonchev–Trinajstić information content (AvgIpc) is 2.80. The van der Waals surface area contributed by atoms with Gasteiger partial charge in [0, 0.05) is 23.3 Å². The first-order valence-electron chi connectivity index (χ1n) is 4.88. The monoisotopic (exact) mass is 211 g/mol. The van der Waals surface area contributed by atoms with E-state index in [0.717, 1.165) is 17.6 Å². The van der Waals surface area contributed by atoms with Gasteiger partial charge in [0.1, 0.15) is 0 Å². The second-order valence-electron chi connectivity index (χ2n) is 3.38. The van der Waals surface area contributed by atoms with Crippen LogP contribution in [0.5, 0.6) is 0 Å². The largest absolute Gasteiger partial charge is 0.269 e. The van der Waals surface area contributed by atoms with Gasteiger partial charge in [0.15, 0.2) is 0 Å². The first-order valence-corrected chi connectivity index (χ1v) is 4.88. The van der Waals surface area contributed by atoms with Crippen LogP contribution in [0.4, 0.5) is 5.69 Å². The number of benzene rings is 1. The molecule has 1 aliphatic carbocycles. The molecule has 2 rings (SSSR count). The minimum absolute atomic E-state index is 0.0901. The zero-order valence-electron chi connectivity index (χ0n) is 8.51. The maximum absolute atomic E-state index is 10.4. The quantitative estimate of drug-likeness (QED) is 0.407. The van der Waals surface area contributed by atoms with Crippen LogP contribution in [0.2, 0.25) is 0 Å². The molecule has 16 heavy (non-hydrogen) atoms. The van der Waals surface area contributed by atoms with Crippen LogP contribution in [-0.2, 0) is 0 Å². The average molecular weight is 211 g/mol. The summed E-state index contributed by atoms with van der Waals surface area (Å²) in [4.78, 5) is 10.0. The second-order valence-corrected chi connectivity index (χ2v) is 3.38. The zero-order chi connectivity index (χ0) is 11.4. The number of hydrogen-bond acceptors (Lipinski definition) is 2. The van der Waals surface area contributed by atoms with Crippen LogP contribution >= 0.6 is 0 Å². The van der Waals surface area contributed by atoms with E-state index in [1.165, 1.54) is 12.1 Å². The molecule has 0 bridgehead atoms. The fourth-order valence-electron chi connectivity index (χ4n) is 1.36. The lowest BCUT2D eigenvalue weighted by atomic mass is 10.2. The van der Waals surface area contributed by atoms with Gasteiger partial charge in [-0.1, -0.05) is 30.1 Å². The highest BCUT2D eigenvalue weighted by atomic mass is 16.6. The van der Waals surface area contributed by atoms with Crippen molar-refractivity contribution in [2.45, 2.75) is 6.42 Å². The summed E-state index contributed by atoms with van der Waals surface area (Å²) in [5.41, 5.74) is 1.95. The molecule has 0 spiro atoms. The van der Waals surface area contributed by atoms with E-state index in [4.69, 9.17) is 0 Å². The van der Waals surface area contributed by atoms with E-state index in [1.54, 1.807) is 12.1 Å². The van der Waals surface area contributed by atoms with Gasteiger partial charge in [-0.15, -0.1) is 0 Å². The molecule has 0 atom stereocenters. The lowest BCUT2D eigenvalue weighted by Crippen LogP contribution is -1.86. The van der Waals surface area contributed by atoms with E-state index in [9.17, 15) is 10.1 Å². The molecule has 1 aliphatic rings. The summed E-state index contributed by atoms with van der Waals surface area (Å²) in [6, 6.07) is 6.25. The Bertz CT molecular complexity index is 527. The Hall–Kier alpha value is -2.34. The number of nitro benzene ring substituents is 1. The van der Waals surface area contributed by atoms with Crippen LogP contribution in [0.3, 0.4) is 0 Å². The van der Waals surface area contributed by atoms with E-state index >= 15 is 0 Å². The topological polar surface area (TPSA) is 43.1 Å². The standard InChI is InChI=1S/C13H9NO2/c15-14(16)13-9-7-12(8-10-13)6-5-11-3-1-2-4-11/h1-3,7-10H,4H2. The third-order valence-electron chi connectivity index (χ3n) is 2.22. The lowest BCUT2D eigenvalue weighted by molar-refractivity contribution is -0.384. The Balaban J connectivity index is 2.13. The van der Waals surface area contributed by atoms with Crippen molar-refractivity contribution in [3.05, 3.63) is 63.7 Å². The molecule has 0 saturated heterocycles. The van der Waals surface area contributed by atoms with Crippen molar-refractivity contribution in [3.63, 3.8) is 0 Å². The summed E-state index contributed by atoms with van der Waals surface area (Å²) in [6.07, 6.45) is 6.86. The predicted octanol–water partition coefficient (Wildman–Crippen LogP) is 2.83. The fraction of sp³-hybridized carbons (Fsp3) is 0.0769. The van der Waals surface area contributed by atoms with Crippen LogP contribution in [0.1, 0.15) is 12.0 Å². The Morgan fingerprint density at radius 2 is 1.94 bits per heavy atom. The Morgan fingerprint density at radius 1 is 1.19 bits per heavy atom. The second kappa shape index (κ2) is 4.45. The summed E-state index contributed by atoms with van der Waals surface area (Å²) < 4.78 is 0. The van der Waals surface area contributed by atoms with E-state index in [2.05, 4.69) is 11.8 Å². The Labute approximate surface area is 93.3 Å². The summed E-state index contributed by atoms with van der Waals surface area (Å²) in [5, 5.41) is 10.4. The number of rotatable bonds is 1. The minimum Gasteiger partial charge on any atom is -0.258 e. The third kappa shape index (κ3) is 2.37. The molecular formula is C13H9NO2. The van der Waals surface area contributed by atoms with Crippen LogP contribution in [0, 0.1) is 22.0 Å². The molecule has 0 unspecified atom stereocenters. The molecule has 0 aliphatic heterocycles. The fourth-order valence-corrected chi connectivity index (χ4v) is 1.36. The summed E-state index contributed by atoms with van der Waals surface area (Å²) in [7, 11) is 0. The van der Waals surface area contributed by atoms with E-state index in [0.29, 0.717) is 0 Å². The van der Waals surface area contributed by atoms with Gasteiger partial charge in [-0.2, -0.15) is 0 Å². The zero-order valence-corrected chi connectivity index (χ0v) is 8.51. The molecular weight excluding hydrogens is 202 g/mol. The normalized spacial score (nSPS) is 12.9. The molecule has 3 heteroatoms. The van der Waals surface area contributed by atoms with Gasteiger partial charge in [-0.3, -0.25) is 10.1 Å².